The van der Waals surface area contributed by atoms with E-state index >= 15 is 0 Å². The highest BCUT2D eigenvalue weighted by molar-refractivity contribution is 6.30. The molecule has 1 aliphatic rings. The van der Waals surface area contributed by atoms with Gasteiger partial charge in [-0.15, -0.1) is 0 Å². The standard InChI is InChI=1S/C9H9ClFN/c10-7-3-6-1-2-12-5-8(6)9(11)4-7/h3-4,12H,1-2,5H2. The summed E-state index contributed by atoms with van der Waals surface area (Å²) in [5.41, 5.74) is 1.81. The molecule has 0 unspecified atom stereocenters. The van der Waals surface area contributed by atoms with Gasteiger partial charge in [0.1, 0.15) is 5.82 Å². The van der Waals surface area contributed by atoms with E-state index in [9.17, 15) is 4.39 Å². The van der Waals surface area contributed by atoms with E-state index in [4.69, 9.17) is 11.6 Å². The molecule has 12 heavy (non-hydrogen) atoms. The predicted octanol–water partition coefficient (Wildman–Crippen LogP) is 2.12. The first kappa shape index (κ1) is 8.02. The number of hydrogen-bond donors (Lipinski definition) is 1. The molecule has 0 saturated carbocycles. The molecule has 1 heterocycles. The zero-order valence-corrected chi connectivity index (χ0v) is 7.29. The summed E-state index contributed by atoms with van der Waals surface area (Å²) in [6.07, 6.45) is 0.868. The van der Waals surface area contributed by atoms with Crippen LogP contribution in [0.3, 0.4) is 0 Å². The second kappa shape index (κ2) is 3.04. The van der Waals surface area contributed by atoms with Gasteiger partial charge in [-0.05, 0) is 30.7 Å². The van der Waals surface area contributed by atoms with Crippen LogP contribution in [0.25, 0.3) is 0 Å². The third kappa shape index (κ3) is 1.32. The van der Waals surface area contributed by atoms with Crippen molar-refractivity contribution in [3.63, 3.8) is 0 Å². The molecular formula is C9H9ClFN. The fourth-order valence-corrected chi connectivity index (χ4v) is 1.74. The van der Waals surface area contributed by atoms with Gasteiger partial charge in [-0.2, -0.15) is 0 Å². The zero-order valence-electron chi connectivity index (χ0n) is 6.53. The van der Waals surface area contributed by atoms with Crippen molar-refractivity contribution >= 4 is 11.6 Å². The molecular weight excluding hydrogens is 177 g/mol. The average molecular weight is 186 g/mol. The van der Waals surface area contributed by atoms with Crippen LogP contribution in [0, 0.1) is 5.82 Å². The first-order chi connectivity index (χ1) is 5.77. The van der Waals surface area contributed by atoms with Gasteiger partial charge >= 0.3 is 0 Å². The van der Waals surface area contributed by atoms with E-state index < -0.39 is 0 Å². The van der Waals surface area contributed by atoms with E-state index in [0.717, 1.165) is 24.1 Å². The fourth-order valence-electron chi connectivity index (χ4n) is 1.51. The Labute approximate surface area is 75.5 Å². The van der Waals surface area contributed by atoms with Gasteiger partial charge in [-0.1, -0.05) is 11.6 Å². The lowest BCUT2D eigenvalue weighted by molar-refractivity contribution is 0.563. The molecule has 0 saturated heterocycles. The lowest BCUT2D eigenvalue weighted by Crippen LogP contribution is -2.24. The topological polar surface area (TPSA) is 12.0 Å². The normalized spacial score (nSPS) is 15.8. The van der Waals surface area contributed by atoms with Gasteiger partial charge in [0, 0.05) is 17.1 Å². The molecule has 0 aromatic heterocycles. The minimum absolute atomic E-state index is 0.190. The Morgan fingerprint density at radius 1 is 1.42 bits per heavy atom. The monoisotopic (exact) mass is 185 g/mol. The van der Waals surface area contributed by atoms with E-state index in [1.807, 2.05) is 6.07 Å². The summed E-state index contributed by atoms with van der Waals surface area (Å²) in [5, 5.41) is 3.61. The van der Waals surface area contributed by atoms with Crippen LogP contribution in [-0.4, -0.2) is 6.54 Å². The number of nitrogens with one attached hydrogen (secondary N) is 1. The molecule has 1 aliphatic heterocycles. The second-order valence-electron chi connectivity index (χ2n) is 2.95. The van der Waals surface area contributed by atoms with Gasteiger partial charge in [0.25, 0.3) is 0 Å². The Hall–Kier alpha value is -0.600. The van der Waals surface area contributed by atoms with Crippen molar-refractivity contribution in [2.75, 3.05) is 6.54 Å². The molecule has 0 spiro atoms. The van der Waals surface area contributed by atoms with Crippen LogP contribution in [0.5, 0.6) is 0 Å². The molecule has 0 fully saturated rings. The molecule has 0 bridgehead atoms. The number of halogens is 2. The van der Waals surface area contributed by atoms with Crippen LogP contribution < -0.4 is 5.32 Å². The summed E-state index contributed by atoms with van der Waals surface area (Å²) in [6, 6.07) is 3.22. The summed E-state index contributed by atoms with van der Waals surface area (Å²) in [6.45, 7) is 1.53. The molecule has 2 rings (SSSR count). The predicted molar refractivity (Wildman–Crippen MR) is 46.8 cm³/mol. The average Bonchev–Trinajstić information content (AvgIpc) is 2.04. The van der Waals surface area contributed by atoms with Crippen LogP contribution in [0.2, 0.25) is 5.02 Å². The van der Waals surface area contributed by atoms with Gasteiger partial charge in [0.05, 0.1) is 0 Å². The second-order valence-corrected chi connectivity index (χ2v) is 3.39. The summed E-state index contributed by atoms with van der Waals surface area (Å²) in [5.74, 6) is -0.190. The smallest absolute Gasteiger partial charge is 0.129 e. The summed E-state index contributed by atoms with van der Waals surface area (Å²) in [7, 11) is 0. The molecule has 0 aliphatic carbocycles. The number of fused-ring (bicyclic) bond motifs is 1. The minimum Gasteiger partial charge on any atom is -0.312 e. The lowest BCUT2D eigenvalue weighted by atomic mass is 10.0. The SMILES string of the molecule is Fc1cc(Cl)cc2c1CNCC2. The minimum atomic E-state index is -0.190. The number of hydrogen-bond acceptors (Lipinski definition) is 1. The van der Waals surface area contributed by atoms with Gasteiger partial charge in [0.15, 0.2) is 0 Å². The summed E-state index contributed by atoms with van der Waals surface area (Å²) < 4.78 is 13.2. The molecule has 3 heteroatoms. The molecule has 1 aromatic rings. The Kier molecular flexibility index (Phi) is 2.03. The molecule has 1 N–H and O–H groups in total. The first-order valence-electron chi connectivity index (χ1n) is 3.95. The third-order valence-electron chi connectivity index (χ3n) is 2.13. The summed E-state index contributed by atoms with van der Waals surface area (Å²) in [4.78, 5) is 0. The van der Waals surface area contributed by atoms with E-state index in [0.29, 0.717) is 11.6 Å². The summed E-state index contributed by atoms with van der Waals surface area (Å²) >= 11 is 5.72. The Morgan fingerprint density at radius 3 is 3.08 bits per heavy atom. The van der Waals surface area contributed by atoms with E-state index in [1.54, 1.807) is 0 Å². The van der Waals surface area contributed by atoms with Crippen LogP contribution in [0.15, 0.2) is 12.1 Å². The molecule has 1 nitrogen and oxygen atoms in total. The lowest BCUT2D eigenvalue weighted by Gasteiger charge is -2.17. The highest BCUT2D eigenvalue weighted by Gasteiger charge is 2.13. The van der Waals surface area contributed by atoms with Crippen molar-refractivity contribution < 1.29 is 4.39 Å². The van der Waals surface area contributed by atoms with Gasteiger partial charge in [-0.3, -0.25) is 0 Å². The van der Waals surface area contributed by atoms with Crippen molar-refractivity contribution in [2.45, 2.75) is 13.0 Å². The van der Waals surface area contributed by atoms with Crippen molar-refractivity contribution in [3.8, 4) is 0 Å². The first-order valence-corrected chi connectivity index (χ1v) is 4.32. The molecule has 1 aromatic carbocycles. The van der Waals surface area contributed by atoms with Crippen molar-refractivity contribution in [2.24, 2.45) is 0 Å². The Balaban J connectivity index is 2.53. The quantitative estimate of drug-likeness (QED) is 0.653. The van der Waals surface area contributed by atoms with Crippen LogP contribution >= 0.6 is 11.6 Å². The van der Waals surface area contributed by atoms with Gasteiger partial charge in [0.2, 0.25) is 0 Å². The molecule has 0 radical (unpaired) electrons. The van der Waals surface area contributed by atoms with Crippen molar-refractivity contribution in [1.82, 2.24) is 5.32 Å². The van der Waals surface area contributed by atoms with E-state index in [2.05, 4.69) is 5.32 Å². The third-order valence-corrected chi connectivity index (χ3v) is 2.34. The van der Waals surface area contributed by atoms with Gasteiger partial charge in [-0.25, -0.2) is 4.39 Å². The Morgan fingerprint density at radius 2 is 2.25 bits per heavy atom. The van der Waals surface area contributed by atoms with Crippen molar-refractivity contribution in [3.05, 3.63) is 34.1 Å². The Bertz CT molecular complexity index is 312. The fraction of sp³-hybridized carbons (Fsp3) is 0.333. The molecule has 0 atom stereocenters. The van der Waals surface area contributed by atoms with Crippen LogP contribution in [0.4, 0.5) is 4.39 Å². The van der Waals surface area contributed by atoms with Crippen LogP contribution in [-0.2, 0) is 13.0 Å². The van der Waals surface area contributed by atoms with Gasteiger partial charge < -0.3 is 5.32 Å². The number of rotatable bonds is 0. The maximum atomic E-state index is 13.2. The van der Waals surface area contributed by atoms with E-state index in [1.165, 1.54) is 6.07 Å². The van der Waals surface area contributed by atoms with E-state index in [-0.39, 0.29) is 5.82 Å². The molecule has 64 valence electrons. The van der Waals surface area contributed by atoms with Crippen LogP contribution in [0.1, 0.15) is 11.1 Å². The largest absolute Gasteiger partial charge is 0.312 e. The maximum Gasteiger partial charge on any atom is 0.129 e. The maximum absolute atomic E-state index is 13.2. The zero-order chi connectivity index (χ0) is 8.55. The molecule has 0 amide bonds. The highest BCUT2D eigenvalue weighted by Crippen LogP contribution is 2.22. The highest BCUT2D eigenvalue weighted by atomic mass is 35.5. The number of benzene rings is 1. The van der Waals surface area contributed by atoms with Crippen molar-refractivity contribution in [1.29, 1.82) is 0 Å².